The Labute approximate surface area is 431 Å². The summed E-state index contributed by atoms with van der Waals surface area (Å²) < 4.78 is 66.7. The Kier molecular flexibility index (Phi) is 18.9. The first kappa shape index (κ1) is 52.0. The van der Waals surface area contributed by atoms with E-state index in [1.165, 1.54) is 0 Å². The number of benzene rings is 7. The van der Waals surface area contributed by atoms with Crippen LogP contribution in [-0.4, -0.2) is 91.7 Å². The topological polar surface area (TPSA) is 147 Å². The molecule has 0 aliphatic carbocycles. The molecule has 0 bridgehead atoms. The van der Waals surface area contributed by atoms with E-state index in [1.807, 2.05) is 152 Å². The summed E-state index contributed by atoms with van der Waals surface area (Å²) in [5, 5.41) is 11.9. The average molecular weight is 1000 g/mol. The van der Waals surface area contributed by atoms with Crippen molar-refractivity contribution in [1.82, 2.24) is 0 Å². The highest BCUT2D eigenvalue weighted by Crippen LogP contribution is 2.36. The van der Waals surface area contributed by atoms with Crippen LogP contribution in [0.15, 0.2) is 212 Å². The molecule has 382 valence electrons. The number of esters is 2. The number of aliphatic hydroxyl groups excluding tert-OH is 1. The highest BCUT2D eigenvalue weighted by Gasteiger charge is 2.55. The summed E-state index contributed by atoms with van der Waals surface area (Å²) >= 11 is 0. The summed E-state index contributed by atoms with van der Waals surface area (Å²) in [7, 11) is 0. The zero-order valence-corrected chi connectivity index (χ0v) is 40.8. The van der Waals surface area contributed by atoms with E-state index in [-0.39, 0.29) is 57.4 Å². The molecule has 2 aliphatic heterocycles. The highest BCUT2D eigenvalue weighted by atomic mass is 16.8. The minimum atomic E-state index is -1.81. The van der Waals surface area contributed by atoms with Gasteiger partial charge in [0.25, 0.3) is 0 Å². The molecule has 9 rings (SSSR count). The van der Waals surface area contributed by atoms with Crippen LogP contribution < -0.4 is 0 Å². The van der Waals surface area contributed by atoms with Gasteiger partial charge < -0.3 is 52.5 Å². The highest BCUT2D eigenvalue weighted by molar-refractivity contribution is 5.90. The van der Waals surface area contributed by atoms with E-state index in [1.54, 1.807) is 60.7 Å². The van der Waals surface area contributed by atoms with Crippen molar-refractivity contribution >= 4 is 11.9 Å². The Morgan fingerprint density at radius 2 is 0.703 bits per heavy atom. The van der Waals surface area contributed by atoms with Gasteiger partial charge in [-0.1, -0.05) is 188 Å². The van der Waals surface area contributed by atoms with Crippen molar-refractivity contribution in [3.8, 4) is 0 Å². The number of carbonyl (C=O) groups is 2. The fraction of sp³-hybridized carbons (Fsp3) is 0.279. The molecule has 2 fully saturated rings. The molecule has 0 radical (unpaired) electrons. The Morgan fingerprint density at radius 1 is 0.365 bits per heavy atom. The molecule has 0 aromatic heterocycles. The minimum Gasteiger partial charge on any atom is -0.452 e. The van der Waals surface area contributed by atoms with Crippen molar-refractivity contribution in [2.45, 2.75) is 94.4 Å². The first-order valence-corrected chi connectivity index (χ1v) is 24.8. The van der Waals surface area contributed by atoms with Gasteiger partial charge in [-0.3, -0.25) is 0 Å². The molecule has 0 unspecified atom stereocenters. The van der Waals surface area contributed by atoms with Crippen LogP contribution >= 0.6 is 0 Å². The monoisotopic (exact) mass is 1000 g/mol. The molecule has 0 spiro atoms. The molecule has 2 aliphatic rings. The van der Waals surface area contributed by atoms with Crippen LogP contribution in [0.4, 0.5) is 0 Å². The van der Waals surface area contributed by atoms with E-state index in [4.69, 9.17) is 47.4 Å². The molecular weight excluding hydrogens is 941 g/mol. The Balaban J connectivity index is 1.12. The van der Waals surface area contributed by atoms with Gasteiger partial charge >= 0.3 is 11.9 Å². The summed E-state index contributed by atoms with van der Waals surface area (Å²) in [6, 6.07) is 65.2. The third kappa shape index (κ3) is 14.4. The fourth-order valence-electron chi connectivity index (χ4n) is 8.86. The van der Waals surface area contributed by atoms with E-state index >= 15 is 0 Å². The predicted octanol–water partition coefficient (Wildman–Crippen LogP) is 9.45. The van der Waals surface area contributed by atoms with Crippen LogP contribution in [0.5, 0.6) is 0 Å². The van der Waals surface area contributed by atoms with E-state index < -0.39 is 73.4 Å². The van der Waals surface area contributed by atoms with Crippen LogP contribution in [0.3, 0.4) is 0 Å². The quantitative estimate of drug-likeness (QED) is 0.0608. The molecule has 2 saturated heterocycles. The summed E-state index contributed by atoms with van der Waals surface area (Å²) in [4.78, 5) is 28.2. The molecule has 13 heteroatoms. The van der Waals surface area contributed by atoms with Crippen LogP contribution in [0.1, 0.15) is 48.5 Å². The number of carbonyl (C=O) groups excluding carboxylic acids is 2. The second-order valence-corrected chi connectivity index (χ2v) is 18.0. The lowest BCUT2D eigenvalue weighted by Gasteiger charge is -2.49. The molecule has 7 aromatic rings. The average Bonchev–Trinajstić information content (AvgIpc) is 3.45. The van der Waals surface area contributed by atoms with Gasteiger partial charge in [0.2, 0.25) is 0 Å². The van der Waals surface area contributed by atoms with E-state index in [2.05, 4.69) is 0 Å². The molecule has 0 saturated carbocycles. The van der Waals surface area contributed by atoms with E-state index in [0.29, 0.717) is 0 Å². The van der Waals surface area contributed by atoms with Crippen LogP contribution in [0, 0.1) is 0 Å². The third-order valence-corrected chi connectivity index (χ3v) is 12.6. The second kappa shape index (κ2) is 26.9. The predicted molar refractivity (Wildman–Crippen MR) is 273 cm³/mol. The summed E-state index contributed by atoms with van der Waals surface area (Å²) in [5.74, 6) is -1.56. The Bertz CT molecular complexity index is 2720. The van der Waals surface area contributed by atoms with Crippen molar-refractivity contribution < 1.29 is 62.1 Å². The first-order chi connectivity index (χ1) is 36.4. The van der Waals surface area contributed by atoms with Crippen molar-refractivity contribution in [2.24, 2.45) is 0 Å². The number of hydrogen-bond donors (Lipinski definition) is 1. The standard InChI is InChI=1S/C61H60O13/c62-58(48-32-18-6-19-33-48)72-55-53(51(42-66-37-44-24-10-2-11-25-44)70-60(64)56(55)73-59(63)49-34-20-7-21-35-49)74-61-57(69-40-47-30-16-5-17-31-47)54(68-39-46-28-14-4-15-29-46)52(67-38-45-26-12-3-13-27-45)50(71-61)41-65-36-43-22-8-1-9-23-43/h1-35,50-57,60-61,64H,36-42H2/t50-,51-,52-,53-,54+,55+,56-,57+,60+,61-/m1/s1. The SMILES string of the molecule is O=C(O[C@@H]1[C@@H](OC(=O)c2ccccc2)[C@@H](O)O[C@H](COCc2ccccc2)[C@H]1O[C@H]1O[C@H](COCc2ccccc2)[C@@H](OCc2ccccc2)[C@H](OCc2ccccc2)[C@@H]1OCc1ccccc1)c1ccccc1. The van der Waals surface area contributed by atoms with Crippen LogP contribution in [0.25, 0.3) is 0 Å². The molecule has 7 aromatic carbocycles. The van der Waals surface area contributed by atoms with Crippen molar-refractivity contribution in [3.63, 3.8) is 0 Å². The molecule has 1 N–H and O–H groups in total. The Morgan fingerprint density at radius 3 is 1.12 bits per heavy atom. The number of rotatable bonds is 23. The molecular formula is C61H60O13. The molecule has 74 heavy (non-hydrogen) atoms. The lowest BCUT2D eigenvalue weighted by atomic mass is 9.95. The second-order valence-electron chi connectivity index (χ2n) is 18.0. The van der Waals surface area contributed by atoms with Gasteiger partial charge in [0.1, 0.15) is 36.6 Å². The number of hydrogen-bond acceptors (Lipinski definition) is 13. The van der Waals surface area contributed by atoms with Crippen molar-refractivity contribution in [1.29, 1.82) is 0 Å². The smallest absolute Gasteiger partial charge is 0.338 e. The maximum absolute atomic E-state index is 14.3. The normalized spacial score (nSPS) is 23.6. The van der Waals surface area contributed by atoms with Gasteiger partial charge in [-0.2, -0.15) is 0 Å². The van der Waals surface area contributed by atoms with E-state index in [9.17, 15) is 14.7 Å². The zero-order valence-electron chi connectivity index (χ0n) is 40.8. The lowest BCUT2D eigenvalue weighted by Crippen LogP contribution is -2.66. The molecule has 2 heterocycles. The lowest BCUT2D eigenvalue weighted by molar-refractivity contribution is -0.367. The van der Waals surface area contributed by atoms with Gasteiger partial charge in [-0.15, -0.1) is 0 Å². The molecule has 10 atom stereocenters. The van der Waals surface area contributed by atoms with Crippen molar-refractivity contribution in [2.75, 3.05) is 13.2 Å². The third-order valence-electron chi connectivity index (χ3n) is 12.6. The van der Waals surface area contributed by atoms with Gasteiger partial charge in [0.15, 0.2) is 24.8 Å². The summed E-state index contributed by atoms with van der Waals surface area (Å²) in [6.07, 6.45) is -12.4. The van der Waals surface area contributed by atoms with Gasteiger partial charge in [0.05, 0.1) is 57.4 Å². The molecule has 0 amide bonds. The van der Waals surface area contributed by atoms with E-state index in [0.717, 1.165) is 27.8 Å². The summed E-state index contributed by atoms with van der Waals surface area (Å²) in [5.41, 5.74) is 4.93. The van der Waals surface area contributed by atoms with Crippen LogP contribution in [-0.2, 0) is 80.4 Å². The number of aliphatic hydroxyl groups is 1. The van der Waals surface area contributed by atoms with Gasteiger partial charge in [0, 0.05) is 0 Å². The van der Waals surface area contributed by atoms with Gasteiger partial charge in [-0.25, -0.2) is 9.59 Å². The minimum absolute atomic E-state index is 0.0258. The number of ether oxygens (including phenoxy) is 10. The summed E-state index contributed by atoms with van der Waals surface area (Å²) in [6.45, 7) is 0.763. The largest absolute Gasteiger partial charge is 0.452 e. The van der Waals surface area contributed by atoms with Crippen LogP contribution in [0.2, 0.25) is 0 Å². The van der Waals surface area contributed by atoms with Crippen molar-refractivity contribution in [3.05, 3.63) is 251 Å². The maximum atomic E-state index is 14.3. The Hall–Kier alpha value is -6.88. The zero-order chi connectivity index (χ0) is 50.7. The van der Waals surface area contributed by atoms with Gasteiger partial charge in [-0.05, 0) is 52.1 Å². The fourth-order valence-corrected chi connectivity index (χ4v) is 8.86. The first-order valence-electron chi connectivity index (χ1n) is 24.8. The maximum Gasteiger partial charge on any atom is 0.338 e. The molecule has 13 nitrogen and oxygen atoms in total.